The summed E-state index contributed by atoms with van der Waals surface area (Å²) in [4.78, 5) is 13.4. The molecule has 0 spiro atoms. The second-order valence-electron chi connectivity index (χ2n) is 4.65. The number of nitrogens with two attached hydrogens (primary N) is 1. The summed E-state index contributed by atoms with van der Waals surface area (Å²) in [6, 6.07) is 0.378. The second-order valence-corrected chi connectivity index (χ2v) is 4.65. The van der Waals surface area contributed by atoms with Crippen molar-refractivity contribution < 1.29 is 4.79 Å². The lowest BCUT2D eigenvalue weighted by atomic mass is 9.93. The summed E-state index contributed by atoms with van der Waals surface area (Å²) in [6.45, 7) is 4.41. The zero-order chi connectivity index (χ0) is 10.8. The normalized spacial score (nSPS) is 17.4. The summed E-state index contributed by atoms with van der Waals surface area (Å²) < 4.78 is 0. The van der Waals surface area contributed by atoms with Crippen molar-refractivity contribution in [2.24, 2.45) is 5.73 Å². The summed E-state index contributed by atoms with van der Waals surface area (Å²) in [5.41, 5.74) is 5.33. The maximum Gasteiger partial charge on any atom is 0.317 e. The van der Waals surface area contributed by atoms with E-state index in [9.17, 15) is 4.79 Å². The molecule has 4 nitrogen and oxygen atoms in total. The molecule has 0 bridgehead atoms. The highest BCUT2D eigenvalue weighted by molar-refractivity contribution is 5.75. The molecule has 0 atom stereocenters. The summed E-state index contributed by atoms with van der Waals surface area (Å²) in [5.74, 6) is 0. The number of amides is 2. The van der Waals surface area contributed by atoms with Crippen LogP contribution in [0.25, 0.3) is 0 Å². The van der Waals surface area contributed by atoms with Crippen molar-refractivity contribution in [3.63, 3.8) is 0 Å². The molecule has 14 heavy (non-hydrogen) atoms. The number of hydrogen-bond acceptors (Lipinski definition) is 2. The molecule has 82 valence electrons. The average molecular weight is 199 g/mol. The number of rotatable bonds is 3. The number of hydrogen-bond donors (Lipinski definition) is 2. The average Bonchev–Trinajstić information content (AvgIpc) is 2.09. The molecule has 1 aliphatic rings. The minimum absolute atomic E-state index is 0.00912. The molecule has 0 saturated heterocycles. The van der Waals surface area contributed by atoms with E-state index in [0.29, 0.717) is 12.6 Å². The molecule has 0 heterocycles. The quantitative estimate of drug-likeness (QED) is 0.710. The van der Waals surface area contributed by atoms with Gasteiger partial charge in [-0.25, -0.2) is 4.79 Å². The number of carbonyl (C=O) groups is 1. The first kappa shape index (κ1) is 11.3. The third-order valence-corrected chi connectivity index (χ3v) is 3.14. The highest BCUT2D eigenvalue weighted by Gasteiger charge is 2.28. The molecule has 0 aromatic carbocycles. The van der Waals surface area contributed by atoms with Crippen molar-refractivity contribution in [1.82, 2.24) is 10.2 Å². The molecule has 0 radical (unpaired) electrons. The Balaban J connectivity index is 2.42. The molecule has 0 unspecified atom stereocenters. The third-order valence-electron chi connectivity index (χ3n) is 3.14. The Morgan fingerprint density at radius 1 is 1.57 bits per heavy atom. The van der Waals surface area contributed by atoms with Crippen molar-refractivity contribution in [2.75, 3.05) is 13.6 Å². The van der Waals surface area contributed by atoms with Crippen LogP contribution >= 0.6 is 0 Å². The van der Waals surface area contributed by atoms with E-state index in [-0.39, 0.29) is 11.6 Å². The highest BCUT2D eigenvalue weighted by Crippen LogP contribution is 2.19. The predicted molar refractivity (Wildman–Crippen MR) is 57.1 cm³/mol. The van der Waals surface area contributed by atoms with E-state index >= 15 is 0 Å². The Morgan fingerprint density at radius 3 is 2.50 bits per heavy atom. The van der Waals surface area contributed by atoms with Gasteiger partial charge in [-0.2, -0.15) is 0 Å². The maximum atomic E-state index is 11.7. The van der Waals surface area contributed by atoms with Gasteiger partial charge in [0.1, 0.15) is 0 Å². The van der Waals surface area contributed by atoms with Crippen molar-refractivity contribution in [1.29, 1.82) is 0 Å². The van der Waals surface area contributed by atoms with E-state index in [4.69, 9.17) is 5.73 Å². The molecule has 1 saturated carbocycles. The first-order valence-corrected chi connectivity index (χ1v) is 5.22. The van der Waals surface area contributed by atoms with E-state index in [0.717, 1.165) is 12.8 Å². The lowest BCUT2D eigenvalue weighted by Gasteiger charge is -2.37. The van der Waals surface area contributed by atoms with Crippen molar-refractivity contribution in [3.05, 3.63) is 0 Å². The Bertz CT molecular complexity index is 211. The van der Waals surface area contributed by atoms with Gasteiger partial charge in [0, 0.05) is 19.6 Å². The SMILES string of the molecule is CN(C(=O)NC1CCC1)C(C)(C)CN. The third kappa shape index (κ3) is 2.38. The van der Waals surface area contributed by atoms with Gasteiger partial charge < -0.3 is 16.0 Å². The van der Waals surface area contributed by atoms with Crippen LogP contribution < -0.4 is 11.1 Å². The summed E-state index contributed by atoms with van der Waals surface area (Å²) in [6.07, 6.45) is 3.46. The highest BCUT2D eigenvalue weighted by atomic mass is 16.2. The maximum absolute atomic E-state index is 11.7. The second kappa shape index (κ2) is 4.17. The lowest BCUT2D eigenvalue weighted by molar-refractivity contribution is 0.151. The zero-order valence-corrected chi connectivity index (χ0v) is 9.34. The standard InChI is InChI=1S/C10H21N3O/c1-10(2,7-11)13(3)9(14)12-8-5-4-6-8/h8H,4-7,11H2,1-3H3,(H,12,14). The van der Waals surface area contributed by atoms with E-state index < -0.39 is 0 Å². The molecule has 1 rings (SSSR count). The first-order valence-electron chi connectivity index (χ1n) is 5.22. The van der Waals surface area contributed by atoms with Crippen molar-refractivity contribution in [2.45, 2.75) is 44.7 Å². The van der Waals surface area contributed by atoms with Crippen molar-refractivity contribution in [3.8, 4) is 0 Å². The monoisotopic (exact) mass is 199 g/mol. The number of likely N-dealkylation sites (N-methyl/N-ethyl adjacent to an activating group) is 1. The van der Waals surface area contributed by atoms with Crippen LogP contribution in [0.3, 0.4) is 0 Å². The topological polar surface area (TPSA) is 58.4 Å². The van der Waals surface area contributed by atoms with Gasteiger partial charge in [-0.15, -0.1) is 0 Å². The molecule has 4 heteroatoms. The Labute approximate surface area is 85.8 Å². The first-order chi connectivity index (χ1) is 6.47. The van der Waals surface area contributed by atoms with Gasteiger partial charge in [-0.05, 0) is 33.1 Å². The van der Waals surface area contributed by atoms with E-state index in [1.807, 2.05) is 13.8 Å². The number of nitrogens with one attached hydrogen (secondary N) is 1. The van der Waals surface area contributed by atoms with Gasteiger partial charge in [0.05, 0.1) is 5.54 Å². The number of nitrogens with zero attached hydrogens (tertiary/aromatic N) is 1. The Kier molecular flexibility index (Phi) is 3.37. The van der Waals surface area contributed by atoms with Crippen LogP contribution in [0.15, 0.2) is 0 Å². The molecule has 2 amide bonds. The fourth-order valence-corrected chi connectivity index (χ4v) is 1.24. The zero-order valence-electron chi connectivity index (χ0n) is 9.34. The van der Waals surface area contributed by atoms with Gasteiger partial charge in [0.15, 0.2) is 0 Å². The van der Waals surface area contributed by atoms with Gasteiger partial charge in [-0.1, -0.05) is 0 Å². The van der Waals surface area contributed by atoms with Crippen molar-refractivity contribution >= 4 is 6.03 Å². The van der Waals surface area contributed by atoms with E-state index in [2.05, 4.69) is 5.32 Å². The van der Waals surface area contributed by atoms with Gasteiger partial charge >= 0.3 is 6.03 Å². The molecular formula is C10H21N3O. The molecule has 0 aromatic rings. The van der Waals surface area contributed by atoms with Gasteiger partial charge in [0.25, 0.3) is 0 Å². The molecule has 3 N–H and O–H groups in total. The number of carbonyl (C=O) groups excluding carboxylic acids is 1. The Hall–Kier alpha value is -0.770. The number of urea groups is 1. The van der Waals surface area contributed by atoms with Crippen LogP contribution in [0.4, 0.5) is 4.79 Å². The molecular weight excluding hydrogens is 178 g/mol. The molecule has 0 aromatic heterocycles. The minimum atomic E-state index is -0.270. The molecule has 1 fully saturated rings. The largest absolute Gasteiger partial charge is 0.335 e. The van der Waals surface area contributed by atoms with Crippen LogP contribution in [0.2, 0.25) is 0 Å². The minimum Gasteiger partial charge on any atom is -0.335 e. The van der Waals surface area contributed by atoms with E-state index in [1.165, 1.54) is 6.42 Å². The van der Waals surface area contributed by atoms with E-state index in [1.54, 1.807) is 11.9 Å². The Morgan fingerprint density at radius 2 is 2.14 bits per heavy atom. The van der Waals surface area contributed by atoms with Gasteiger partial charge in [-0.3, -0.25) is 0 Å². The smallest absolute Gasteiger partial charge is 0.317 e. The fraction of sp³-hybridized carbons (Fsp3) is 0.900. The van der Waals surface area contributed by atoms with Crippen LogP contribution in [0, 0.1) is 0 Å². The summed E-state index contributed by atoms with van der Waals surface area (Å²) in [7, 11) is 1.79. The van der Waals surface area contributed by atoms with Crippen LogP contribution in [-0.2, 0) is 0 Å². The van der Waals surface area contributed by atoms with Crippen LogP contribution in [-0.4, -0.2) is 36.1 Å². The lowest BCUT2D eigenvalue weighted by Crippen LogP contribution is -2.55. The molecule has 1 aliphatic carbocycles. The summed E-state index contributed by atoms with van der Waals surface area (Å²) >= 11 is 0. The summed E-state index contributed by atoms with van der Waals surface area (Å²) in [5, 5.41) is 2.99. The van der Waals surface area contributed by atoms with Gasteiger partial charge in [0.2, 0.25) is 0 Å². The van der Waals surface area contributed by atoms with Crippen LogP contribution in [0.1, 0.15) is 33.1 Å². The fourth-order valence-electron chi connectivity index (χ4n) is 1.24. The predicted octanol–water partition coefficient (Wildman–Crippen LogP) is 0.918. The van der Waals surface area contributed by atoms with Crippen LogP contribution in [0.5, 0.6) is 0 Å². The molecule has 0 aliphatic heterocycles.